The average molecular weight is 249 g/mol. The van der Waals surface area contributed by atoms with Gasteiger partial charge in [0.25, 0.3) is 5.95 Å². The van der Waals surface area contributed by atoms with Crippen LogP contribution in [-0.4, -0.2) is 49.5 Å². The van der Waals surface area contributed by atoms with Gasteiger partial charge in [-0.25, -0.2) is 4.68 Å². The van der Waals surface area contributed by atoms with Crippen molar-refractivity contribution in [1.29, 1.82) is 0 Å². The van der Waals surface area contributed by atoms with Crippen molar-refractivity contribution in [2.24, 2.45) is 0 Å². The summed E-state index contributed by atoms with van der Waals surface area (Å²) < 4.78 is 1.50. The van der Waals surface area contributed by atoms with Crippen LogP contribution in [0.4, 0.5) is 11.9 Å². The minimum absolute atomic E-state index is 0.114. The van der Waals surface area contributed by atoms with Gasteiger partial charge in [-0.2, -0.15) is 20.1 Å². The topological polar surface area (TPSA) is 106 Å². The Bertz CT molecular complexity index is 511. The van der Waals surface area contributed by atoms with Gasteiger partial charge in [0.1, 0.15) is 0 Å². The van der Waals surface area contributed by atoms with E-state index in [2.05, 4.69) is 20.1 Å². The molecule has 0 aromatic carbocycles. The van der Waals surface area contributed by atoms with Crippen LogP contribution in [0.15, 0.2) is 18.5 Å². The fourth-order valence-electron chi connectivity index (χ4n) is 1.51. The number of aliphatic hydroxyl groups excluding tert-OH is 1. The molecule has 18 heavy (non-hydrogen) atoms. The molecule has 3 N–H and O–H groups in total. The van der Waals surface area contributed by atoms with Crippen molar-refractivity contribution in [3.8, 4) is 5.95 Å². The smallest absolute Gasteiger partial charge is 0.257 e. The lowest BCUT2D eigenvalue weighted by Gasteiger charge is -2.18. The standard InChI is InChI=1S/C10H15N7O/c1-7(18)6-16(2)9-13-8(11)14-10(15-9)17-5-3-4-12-17/h3-5,7,18H,6H2,1-2H3,(H2,11,13,14,15). The van der Waals surface area contributed by atoms with Gasteiger partial charge in [0.15, 0.2) is 0 Å². The van der Waals surface area contributed by atoms with Crippen LogP contribution in [0.25, 0.3) is 5.95 Å². The summed E-state index contributed by atoms with van der Waals surface area (Å²) in [7, 11) is 1.77. The van der Waals surface area contributed by atoms with E-state index in [9.17, 15) is 5.11 Å². The first kappa shape index (κ1) is 12.2. The van der Waals surface area contributed by atoms with Crippen LogP contribution in [0.1, 0.15) is 6.92 Å². The van der Waals surface area contributed by atoms with E-state index in [4.69, 9.17) is 5.73 Å². The molecule has 0 aliphatic carbocycles. The Hall–Kier alpha value is -2.22. The quantitative estimate of drug-likeness (QED) is 0.749. The molecule has 2 heterocycles. The summed E-state index contributed by atoms with van der Waals surface area (Å²) in [5.41, 5.74) is 5.64. The van der Waals surface area contributed by atoms with Crippen molar-refractivity contribution >= 4 is 11.9 Å². The monoisotopic (exact) mass is 249 g/mol. The Balaban J connectivity index is 2.32. The van der Waals surface area contributed by atoms with Crippen LogP contribution in [0.5, 0.6) is 0 Å². The fourth-order valence-corrected chi connectivity index (χ4v) is 1.51. The number of aromatic nitrogens is 5. The van der Waals surface area contributed by atoms with Gasteiger partial charge in [-0.1, -0.05) is 0 Å². The van der Waals surface area contributed by atoms with E-state index in [-0.39, 0.29) is 5.95 Å². The third-order valence-electron chi connectivity index (χ3n) is 2.22. The third-order valence-corrected chi connectivity index (χ3v) is 2.22. The molecule has 96 valence electrons. The summed E-state index contributed by atoms with van der Waals surface area (Å²) in [4.78, 5) is 14.0. The molecule has 2 aromatic heterocycles. The minimum Gasteiger partial charge on any atom is -0.392 e. The molecule has 0 saturated carbocycles. The summed E-state index contributed by atoms with van der Waals surface area (Å²) in [5, 5.41) is 13.4. The van der Waals surface area contributed by atoms with E-state index in [1.807, 2.05) is 0 Å². The maximum absolute atomic E-state index is 9.35. The van der Waals surface area contributed by atoms with Gasteiger partial charge in [0.2, 0.25) is 11.9 Å². The highest BCUT2D eigenvalue weighted by atomic mass is 16.3. The van der Waals surface area contributed by atoms with Gasteiger partial charge >= 0.3 is 0 Å². The van der Waals surface area contributed by atoms with Crippen LogP contribution in [-0.2, 0) is 0 Å². The number of likely N-dealkylation sites (N-methyl/N-ethyl adjacent to an activating group) is 1. The summed E-state index contributed by atoms with van der Waals surface area (Å²) in [6, 6.07) is 1.76. The molecule has 0 amide bonds. The highest BCUT2D eigenvalue weighted by molar-refractivity contribution is 5.36. The zero-order valence-electron chi connectivity index (χ0n) is 10.2. The average Bonchev–Trinajstić information content (AvgIpc) is 2.80. The number of nitrogens with two attached hydrogens (primary N) is 1. The van der Waals surface area contributed by atoms with E-state index < -0.39 is 6.10 Å². The molecular formula is C10H15N7O. The molecule has 0 radical (unpaired) electrons. The van der Waals surface area contributed by atoms with E-state index in [1.165, 1.54) is 4.68 Å². The fraction of sp³-hybridized carbons (Fsp3) is 0.400. The molecule has 0 bridgehead atoms. The maximum Gasteiger partial charge on any atom is 0.257 e. The number of aliphatic hydroxyl groups is 1. The van der Waals surface area contributed by atoms with Gasteiger partial charge in [0, 0.05) is 26.0 Å². The molecule has 0 saturated heterocycles. The van der Waals surface area contributed by atoms with Crippen LogP contribution in [0.3, 0.4) is 0 Å². The van der Waals surface area contributed by atoms with Gasteiger partial charge in [-0.15, -0.1) is 0 Å². The number of nitrogen functional groups attached to an aromatic ring is 1. The first-order valence-corrected chi connectivity index (χ1v) is 5.47. The molecule has 0 spiro atoms. The van der Waals surface area contributed by atoms with Crippen LogP contribution in [0.2, 0.25) is 0 Å². The largest absolute Gasteiger partial charge is 0.392 e. The summed E-state index contributed by atoms with van der Waals surface area (Å²) in [5.74, 6) is 0.858. The normalized spacial score (nSPS) is 12.4. The van der Waals surface area contributed by atoms with Gasteiger partial charge < -0.3 is 15.7 Å². The van der Waals surface area contributed by atoms with Crippen molar-refractivity contribution in [3.63, 3.8) is 0 Å². The Morgan fingerprint density at radius 2 is 2.22 bits per heavy atom. The van der Waals surface area contributed by atoms with Crippen molar-refractivity contribution in [3.05, 3.63) is 18.5 Å². The van der Waals surface area contributed by atoms with Crippen molar-refractivity contribution in [2.75, 3.05) is 24.2 Å². The molecule has 2 rings (SSSR count). The Labute approximate surface area is 104 Å². The lowest BCUT2D eigenvalue weighted by atomic mass is 10.4. The SMILES string of the molecule is CC(O)CN(C)c1nc(N)nc(-n2cccn2)n1. The third kappa shape index (κ3) is 2.72. The van der Waals surface area contributed by atoms with Crippen molar-refractivity contribution < 1.29 is 5.11 Å². The molecule has 8 heteroatoms. The molecule has 1 unspecified atom stereocenters. The lowest BCUT2D eigenvalue weighted by Crippen LogP contribution is -2.29. The summed E-state index contributed by atoms with van der Waals surface area (Å²) >= 11 is 0. The Morgan fingerprint density at radius 3 is 2.83 bits per heavy atom. The van der Waals surface area contributed by atoms with Crippen molar-refractivity contribution in [2.45, 2.75) is 13.0 Å². The molecule has 8 nitrogen and oxygen atoms in total. The molecular weight excluding hydrogens is 234 g/mol. The second-order valence-electron chi connectivity index (χ2n) is 3.97. The molecule has 1 atom stereocenters. The number of hydrogen-bond acceptors (Lipinski definition) is 7. The van der Waals surface area contributed by atoms with Crippen LogP contribution in [0, 0.1) is 0 Å². The predicted octanol–water partition coefficient (Wildman–Crippen LogP) is -0.544. The number of hydrogen-bond donors (Lipinski definition) is 2. The van der Waals surface area contributed by atoms with Crippen molar-refractivity contribution in [1.82, 2.24) is 24.7 Å². The van der Waals surface area contributed by atoms with E-state index in [1.54, 1.807) is 37.3 Å². The summed E-state index contributed by atoms with van der Waals surface area (Å²) in [6.45, 7) is 2.09. The number of anilines is 2. The van der Waals surface area contributed by atoms with Crippen LogP contribution < -0.4 is 10.6 Å². The first-order valence-electron chi connectivity index (χ1n) is 5.47. The Morgan fingerprint density at radius 1 is 1.44 bits per heavy atom. The zero-order valence-corrected chi connectivity index (χ0v) is 10.2. The highest BCUT2D eigenvalue weighted by Gasteiger charge is 2.11. The minimum atomic E-state index is -0.485. The number of nitrogens with zero attached hydrogens (tertiary/aromatic N) is 6. The second kappa shape index (κ2) is 4.96. The predicted molar refractivity (Wildman–Crippen MR) is 66.3 cm³/mol. The second-order valence-corrected chi connectivity index (χ2v) is 3.97. The van der Waals surface area contributed by atoms with Crippen LogP contribution >= 0.6 is 0 Å². The molecule has 0 aliphatic heterocycles. The van der Waals surface area contributed by atoms with Gasteiger partial charge in [-0.3, -0.25) is 0 Å². The Kier molecular flexibility index (Phi) is 3.38. The molecule has 2 aromatic rings. The maximum atomic E-state index is 9.35. The zero-order chi connectivity index (χ0) is 13.1. The van der Waals surface area contributed by atoms with E-state index in [0.29, 0.717) is 18.4 Å². The highest BCUT2D eigenvalue weighted by Crippen LogP contribution is 2.10. The first-order chi connectivity index (χ1) is 8.56. The van der Waals surface area contributed by atoms with E-state index in [0.717, 1.165) is 0 Å². The van der Waals surface area contributed by atoms with Gasteiger partial charge in [0.05, 0.1) is 6.10 Å². The molecule has 0 aliphatic rings. The summed E-state index contributed by atoms with van der Waals surface area (Å²) in [6.07, 6.45) is 2.85. The number of rotatable bonds is 4. The van der Waals surface area contributed by atoms with Gasteiger partial charge in [-0.05, 0) is 13.0 Å². The molecule has 0 fully saturated rings. The van der Waals surface area contributed by atoms with E-state index >= 15 is 0 Å². The lowest BCUT2D eigenvalue weighted by molar-refractivity contribution is 0.201.